The fourth-order valence-corrected chi connectivity index (χ4v) is 8.99. The number of fused-ring (bicyclic) bond motifs is 8. The smallest absolute Gasteiger partial charge is 0.101 e. The van der Waals surface area contributed by atoms with Crippen LogP contribution < -0.4 is 0 Å². The zero-order valence-electron chi connectivity index (χ0n) is 42.5. The lowest BCUT2D eigenvalue weighted by Crippen LogP contribution is -2.16. The molecule has 6 heteroatoms. The number of nitrogens with one attached hydrogen (secondary N) is 2. The highest BCUT2D eigenvalue weighted by Gasteiger charge is 2.26. The molecule has 0 spiro atoms. The molecule has 7 aromatic rings. The molecule has 3 aromatic heterocycles. The van der Waals surface area contributed by atoms with Crippen LogP contribution in [0.2, 0.25) is 0 Å². The van der Waals surface area contributed by atoms with Crippen molar-refractivity contribution in [1.82, 2.24) is 19.9 Å². The van der Waals surface area contributed by atoms with E-state index in [-0.39, 0.29) is 21.7 Å². The number of nitrogens with zero attached hydrogens (tertiary/aromatic N) is 4. The predicted molar refractivity (Wildman–Crippen MR) is 292 cm³/mol. The Hall–Kier alpha value is -7.98. The van der Waals surface area contributed by atoms with Crippen LogP contribution in [0.4, 0.5) is 0 Å². The molecule has 70 heavy (non-hydrogen) atoms. The normalized spacial score (nSPS) is 12.6. The van der Waals surface area contributed by atoms with Crippen LogP contribution in [0.1, 0.15) is 150 Å². The Morgan fingerprint density at radius 1 is 0.371 bits per heavy atom. The zero-order valence-corrected chi connectivity index (χ0v) is 42.5. The van der Waals surface area contributed by atoms with E-state index in [9.17, 15) is 10.5 Å². The molecular weight excluding hydrogens is 853 g/mol. The number of hydrogen-bond donors (Lipinski definition) is 2. The van der Waals surface area contributed by atoms with Crippen molar-refractivity contribution in [3.8, 4) is 57.4 Å². The van der Waals surface area contributed by atoms with Crippen LogP contribution in [0.5, 0.6) is 0 Å². The second kappa shape index (κ2) is 17.5. The lowest BCUT2D eigenvalue weighted by atomic mass is 9.78. The molecule has 0 fully saturated rings. The molecule has 0 saturated heterocycles. The van der Waals surface area contributed by atoms with E-state index in [0.717, 1.165) is 83.8 Å². The number of H-pyrrole nitrogens is 2. The van der Waals surface area contributed by atoms with Crippen molar-refractivity contribution >= 4 is 46.4 Å². The zero-order chi connectivity index (χ0) is 49.9. The van der Waals surface area contributed by atoms with Gasteiger partial charge in [0.2, 0.25) is 0 Å². The number of benzene rings is 4. The summed E-state index contributed by atoms with van der Waals surface area (Å²) in [5.74, 6) is 6.46. The molecule has 5 heterocycles. The summed E-state index contributed by atoms with van der Waals surface area (Å²) in [6.07, 6.45) is 8.54. The minimum absolute atomic E-state index is 0.0853. The summed E-state index contributed by atoms with van der Waals surface area (Å²) >= 11 is 0. The molecule has 0 atom stereocenters. The summed E-state index contributed by atoms with van der Waals surface area (Å²) in [7, 11) is 0. The Balaban J connectivity index is 1.35. The summed E-state index contributed by atoms with van der Waals surface area (Å²) in [6, 6.07) is 42.4. The SMILES string of the molecule is CC(C)(C)c1cc(-c2c3nc(c(-c4ccc(C#Cc5ccc(C#N)c(C#N)c5)cc4)c4nc(c(-c5cc(C(C)(C)C)cc(C(C)(C)C)c5)c5ccc(cc6ccc2[nH]6)[nH]5)C=C4)C=C3)cc(C(C)(C)C)c1. The largest absolute Gasteiger partial charge is 0.355 e. The molecule has 0 radical (unpaired) electrons. The van der Waals surface area contributed by atoms with Crippen LogP contribution in [-0.2, 0) is 21.7 Å². The third-order valence-electron chi connectivity index (χ3n) is 13.3. The van der Waals surface area contributed by atoms with Crippen LogP contribution in [0.3, 0.4) is 0 Å². The molecule has 2 aliphatic rings. The second-order valence-corrected chi connectivity index (χ2v) is 22.8. The quantitative estimate of drug-likeness (QED) is 0.172. The van der Waals surface area contributed by atoms with Crippen molar-refractivity contribution in [2.75, 3.05) is 0 Å². The van der Waals surface area contributed by atoms with Gasteiger partial charge in [-0.05, 0) is 146 Å². The molecule has 346 valence electrons. The van der Waals surface area contributed by atoms with Gasteiger partial charge >= 0.3 is 0 Å². The molecule has 9 rings (SSSR count). The van der Waals surface area contributed by atoms with Gasteiger partial charge in [0.15, 0.2) is 0 Å². The molecule has 0 unspecified atom stereocenters. The Bertz CT molecular complexity index is 3410. The third kappa shape index (κ3) is 9.54. The van der Waals surface area contributed by atoms with Gasteiger partial charge in [0.05, 0.1) is 33.9 Å². The van der Waals surface area contributed by atoms with Crippen LogP contribution in [0.25, 0.3) is 79.8 Å². The van der Waals surface area contributed by atoms with Crippen LogP contribution in [0, 0.1) is 34.5 Å². The van der Waals surface area contributed by atoms with E-state index >= 15 is 0 Å². The Morgan fingerprint density at radius 2 is 0.757 bits per heavy atom. The molecular formula is C64H60N6. The number of aromatic nitrogens is 4. The maximum atomic E-state index is 9.61. The summed E-state index contributed by atoms with van der Waals surface area (Å²) in [6.45, 7) is 27.3. The summed E-state index contributed by atoms with van der Waals surface area (Å²) < 4.78 is 0. The van der Waals surface area contributed by atoms with Crippen molar-refractivity contribution in [2.24, 2.45) is 0 Å². The van der Waals surface area contributed by atoms with E-state index in [2.05, 4.69) is 220 Å². The maximum Gasteiger partial charge on any atom is 0.101 e. The number of rotatable bonds is 3. The molecule has 2 N–H and O–H groups in total. The molecule has 0 saturated carbocycles. The first-order valence-corrected chi connectivity index (χ1v) is 24.1. The van der Waals surface area contributed by atoms with Gasteiger partial charge in [-0.1, -0.05) is 143 Å². The Morgan fingerprint density at radius 3 is 1.16 bits per heavy atom. The average molecular weight is 913 g/mol. The van der Waals surface area contributed by atoms with Gasteiger partial charge in [-0.25, -0.2) is 9.97 Å². The van der Waals surface area contributed by atoms with Gasteiger partial charge in [-0.3, -0.25) is 0 Å². The van der Waals surface area contributed by atoms with Crippen LogP contribution in [-0.4, -0.2) is 19.9 Å². The highest BCUT2D eigenvalue weighted by Crippen LogP contribution is 2.41. The maximum absolute atomic E-state index is 9.61. The average Bonchev–Trinajstić information content (AvgIpc) is 4.15. The lowest BCUT2D eigenvalue weighted by Gasteiger charge is -2.26. The molecule has 4 aromatic carbocycles. The van der Waals surface area contributed by atoms with E-state index < -0.39 is 0 Å². The van der Waals surface area contributed by atoms with Crippen molar-refractivity contribution in [1.29, 1.82) is 10.5 Å². The monoisotopic (exact) mass is 912 g/mol. The number of aromatic amines is 2. The molecule has 0 aliphatic carbocycles. The standard InChI is InChI=1S/C64H60N6/c1-61(2,3)46-30-43(31-47(34-46)62(4,5)6)59-52-23-21-50(67-52)36-51-22-24-53(68-51)60(44-32-48(63(7,8)9)35-49(33-44)64(10,11)12)57-28-26-55(70-57)58(54-25-27-56(59)69-54)41-18-15-39(16-19-41)13-14-40-17-20-42(37-65)45(29-40)38-66/h15-36,67-68H,1-12H3. The fourth-order valence-electron chi connectivity index (χ4n) is 8.99. The molecule has 0 amide bonds. The molecule has 6 nitrogen and oxygen atoms in total. The predicted octanol–water partition coefficient (Wildman–Crippen LogP) is 16.0. The number of hydrogen-bond acceptors (Lipinski definition) is 4. The summed E-state index contributed by atoms with van der Waals surface area (Å²) in [5.41, 5.74) is 20.2. The minimum Gasteiger partial charge on any atom is -0.355 e. The number of nitriles is 2. The van der Waals surface area contributed by atoms with E-state index in [0.29, 0.717) is 16.7 Å². The first kappa shape index (κ1) is 47.1. The fraction of sp³-hybridized carbons (Fsp3) is 0.250. The van der Waals surface area contributed by atoms with Crippen LogP contribution in [0.15, 0.2) is 109 Å². The minimum atomic E-state index is -0.0853. The third-order valence-corrected chi connectivity index (χ3v) is 13.3. The van der Waals surface area contributed by atoms with Gasteiger partial charge in [-0.15, -0.1) is 0 Å². The van der Waals surface area contributed by atoms with E-state index in [1.807, 2.05) is 12.1 Å². The van der Waals surface area contributed by atoms with Crippen molar-refractivity contribution in [3.63, 3.8) is 0 Å². The molecule has 8 bridgehead atoms. The summed E-state index contributed by atoms with van der Waals surface area (Å²) in [5, 5.41) is 19.0. The highest BCUT2D eigenvalue weighted by atomic mass is 14.8. The van der Waals surface area contributed by atoms with Crippen molar-refractivity contribution in [2.45, 2.75) is 105 Å². The van der Waals surface area contributed by atoms with Gasteiger partial charge in [0.1, 0.15) is 12.1 Å². The topological polar surface area (TPSA) is 105 Å². The first-order chi connectivity index (χ1) is 33.0. The lowest BCUT2D eigenvalue weighted by molar-refractivity contribution is 0.568. The van der Waals surface area contributed by atoms with E-state index in [1.54, 1.807) is 18.2 Å². The van der Waals surface area contributed by atoms with Gasteiger partial charge < -0.3 is 9.97 Å². The van der Waals surface area contributed by atoms with Crippen molar-refractivity contribution in [3.05, 3.63) is 176 Å². The van der Waals surface area contributed by atoms with Gasteiger partial charge in [0, 0.05) is 49.9 Å². The first-order valence-electron chi connectivity index (χ1n) is 24.1. The Kier molecular flexibility index (Phi) is 11.8. The summed E-state index contributed by atoms with van der Waals surface area (Å²) in [4.78, 5) is 18.8. The van der Waals surface area contributed by atoms with Crippen LogP contribution >= 0.6 is 0 Å². The van der Waals surface area contributed by atoms with E-state index in [1.165, 1.54) is 22.3 Å². The Labute approximate surface area is 413 Å². The van der Waals surface area contributed by atoms with Gasteiger partial charge in [-0.2, -0.15) is 10.5 Å². The second-order valence-electron chi connectivity index (χ2n) is 22.8. The van der Waals surface area contributed by atoms with E-state index in [4.69, 9.17) is 9.97 Å². The van der Waals surface area contributed by atoms with Gasteiger partial charge in [0.25, 0.3) is 0 Å². The van der Waals surface area contributed by atoms with Crippen molar-refractivity contribution < 1.29 is 0 Å². The molecule has 2 aliphatic heterocycles. The highest BCUT2D eigenvalue weighted by molar-refractivity contribution is 5.97.